The summed E-state index contributed by atoms with van der Waals surface area (Å²) in [6.07, 6.45) is 0. The molecule has 1 rings (SSSR count). The van der Waals surface area contributed by atoms with Crippen LogP contribution < -0.4 is 5.32 Å². The fourth-order valence-corrected chi connectivity index (χ4v) is 1.77. The number of anilines is 1. The highest BCUT2D eigenvalue weighted by atomic mass is 16.4. The molecule has 5 nitrogen and oxygen atoms in total. The highest BCUT2D eigenvalue weighted by Crippen LogP contribution is 2.17. The summed E-state index contributed by atoms with van der Waals surface area (Å²) in [6.45, 7) is 7.79. The maximum absolute atomic E-state index is 12.1. The van der Waals surface area contributed by atoms with E-state index < -0.39 is 5.97 Å². The molecule has 1 aromatic carbocycles. The molecule has 2 N–H and O–H groups in total. The Morgan fingerprint density at radius 2 is 1.85 bits per heavy atom. The fourth-order valence-electron chi connectivity index (χ4n) is 1.77. The van der Waals surface area contributed by atoms with Gasteiger partial charge in [-0.2, -0.15) is 0 Å². The van der Waals surface area contributed by atoms with Crippen molar-refractivity contribution >= 4 is 17.7 Å². The normalized spacial score (nSPS) is 12.1. The highest BCUT2D eigenvalue weighted by molar-refractivity contribution is 5.94. The Morgan fingerprint density at radius 1 is 1.25 bits per heavy atom. The van der Waals surface area contributed by atoms with Crippen LogP contribution in [0, 0.1) is 12.8 Å². The third-order valence-electron chi connectivity index (χ3n) is 3.62. The van der Waals surface area contributed by atoms with Crippen LogP contribution in [-0.4, -0.2) is 35.1 Å². The van der Waals surface area contributed by atoms with E-state index in [1.54, 1.807) is 31.0 Å². The second-order valence-electron chi connectivity index (χ2n) is 5.36. The molecular weight excluding hydrogens is 256 g/mol. The second-order valence-corrected chi connectivity index (χ2v) is 5.36. The smallest absolute Gasteiger partial charge is 0.336 e. The number of rotatable bonds is 4. The van der Waals surface area contributed by atoms with Gasteiger partial charge in [-0.1, -0.05) is 19.9 Å². The monoisotopic (exact) mass is 278 g/mol. The van der Waals surface area contributed by atoms with Crippen molar-refractivity contribution in [3.63, 3.8) is 0 Å². The number of nitrogens with one attached hydrogen (secondary N) is 1. The molecule has 0 heterocycles. The van der Waals surface area contributed by atoms with Crippen molar-refractivity contribution in [3.05, 3.63) is 29.3 Å². The molecule has 2 amide bonds. The quantitative estimate of drug-likeness (QED) is 0.888. The number of hydrogen-bond acceptors (Lipinski definition) is 2. The van der Waals surface area contributed by atoms with Crippen molar-refractivity contribution in [3.8, 4) is 0 Å². The summed E-state index contributed by atoms with van der Waals surface area (Å²) in [5.41, 5.74) is 1.35. The molecule has 1 aromatic rings. The molecule has 20 heavy (non-hydrogen) atoms. The van der Waals surface area contributed by atoms with E-state index in [2.05, 4.69) is 5.32 Å². The lowest BCUT2D eigenvalue weighted by molar-refractivity contribution is 0.0696. The Labute approximate surface area is 119 Å². The molecule has 0 radical (unpaired) electrons. The molecule has 1 unspecified atom stereocenters. The van der Waals surface area contributed by atoms with E-state index in [9.17, 15) is 9.59 Å². The number of nitrogens with zero attached hydrogens (tertiary/aromatic N) is 1. The van der Waals surface area contributed by atoms with Crippen molar-refractivity contribution in [2.24, 2.45) is 5.92 Å². The predicted octanol–water partition coefficient (Wildman–Crippen LogP) is 3.20. The van der Waals surface area contributed by atoms with Crippen LogP contribution in [0.15, 0.2) is 18.2 Å². The average Bonchev–Trinajstić information content (AvgIpc) is 2.38. The minimum absolute atomic E-state index is 0.0967. The van der Waals surface area contributed by atoms with Gasteiger partial charge >= 0.3 is 12.0 Å². The number of amides is 2. The van der Waals surface area contributed by atoms with Crippen LogP contribution in [0.1, 0.15) is 36.7 Å². The van der Waals surface area contributed by atoms with E-state index in [-0.39, 0.29) is 17.6 Å². The summed E-state index contributed by atoms with van der Waals surface area (Å²) in [6, 6.07) is 4.72. The Hall–Kier alpha value is -2.04. The molecule has 0 aliphatic carbocycles. The molecule has 5 heteroatoms. The molecular formula is C15H22N2O3. The van der Waals surface area contributed by atoms with Crippen molar-refractivity contribution in [1.82, 2.24) is 4.90 Å². The molecule has 0 aliphatic rings. The van der Waals surface area contributed by atoms with E-state index in [1.165, 1.54) is 6.07 Å². The summed E-state index contributed by atoms with van der Waals surface area (Å²) in [4.78, 5) is 24.8. The topological polar surface area (TPSA) is 69.6 Å². The van der Waals surface area contributed by atoms with Crippen molar-refractivity contribution in [2.75, 3.05) is 12.4 Å². The van der Waals surface area contributed by atoms with Crippen LogP contribution >= 0.6 is 0 Å². The van der Waals surface area contributed by atoms with Gasteiger partial charge in [-0.15, -0.1) is 0 Å². The van der Waals surface area contributed by atoms with Gasteiger partial charge < -0.3 is 15.3 Å². The zero-order chi connectivity index (χ0) is 15.4. The standard InChI is InChI=1S/C15H22N2O3/c1-9(2)11(4)17(5)15(20)16-12-7-6-10(3)13(8-12)14(18)19/h6-9,11H,1-5H3,(H,16,20)(H,18,19). The van der Waals surface area contributed by atoms with E-state index in [0.717, 1.165) is 0 Å². The molecule has 0 spiro atoms. The average molecular weight is 278 g/mol. The lowest BCUT2D eigenvalue weighted by Gasteiger charge is -2.28. The van der Waals surface area contributed by atoms with E-state index in [1.807, 2.05) is 20.8 Å². The Bertz CT molecular complexity index is 512. The molecule has 1 atom stereocenters. The Kier molecular flexibility index (Phi) is 5.13. The Balaban J connectivity index is 2.86. The van der Waals surface area contributed by atoms with Gasteiger partial charge in [-0.05, 0) is 37.5 Å². The molecule has 0 fully saturated rings. The van der Waals surface area contributed by atoms with E-state index in [0.29, 0.717) is 17.2 Å². The number of carbonyl (C=O) groups is 2. The van der Waals surface area contributed by atoms with Crippen LogP contribution in [0.25, 0.3) is 0 Å². The number of carboxylic acids is 1. The lowest BCUT2D eigenvalue weighted by atomic mass is 10.1. The van der Waals surface area contributed by atoms with Crippen LogP contribution in [0.5, 0.6) is 0 Å². The largest absolute Gasteiger partial charge is 0.478 e. The van der Waals surface area contributed by atoms with Gasteiger partial charge in [0.1, 0.15) is 0 Å². The predicted molar refractivity (Wildman–Crippen MR) is 79.2 cm³/mol. The first kappa shape index (κ1) is 16.0. The van der Waals surface area contributed by atoms with Crippen LogP contribution in [0.4, 0.5) is 10.5 Å². The SMILES string of the molecule is Cc1ccc(NC(=O)N(C)C(C)C(C)C)cc1C(=O)O. The third-order valence-corrected chi connectivity index (χ3v) is 3.62. The summed E-state index contributed by atoms with van der Waals surface area (Å²) in [7, 11) is 1.73. The van der Waals surface area contributed by atoms with Crippen LogP contribution in [0.3, 0.4) is 0 Å². The lowest BCUT2D eigenvalue weighted by Crippen LogP contribution is -2.40. The van der Waals surface area contributed by atoms with E-state index in [4.69, 9.17) is 5.11 Å². The Morgan fingerprint density at radius 3 is 2.35 bits per heavy atom. The zero-order valence-corrected chi connectivity index (χ0v) is 12.6. The number of benzene rings is 1. The van der Waals surface area contributed by atoms with Crippen molar-refractivity contribution in [2.45, 2.75) is 33.7 Å². The molecule has 0 saturated carbocycles. The van der Waals surface area contributed by atoms with Crippen LogP contribution in [-0.2, 0) is 0 Å². The van der Waals surface area contributed by atoms with Gasteiger partial charge in [0.15, 0.2) is 0 Å². The number of hydrogen-bond donors (Lipinski definition) is 2. The summed E-state index contributed by atoms with van der Waals surface area (Å²) >= 11 is 0. The molecule has 0 aromatic heterocycles. The van der Waals surface area contributed by atoms with Crippen LogP contribution in [0.2, 0.25) is 0 Å². The number of carbonyl (C=O) groups excluding carboxylic acids is 1. The maximum atomic E-state index is 12.1. The maximum Gasteiger partial charge on any atom is 0.336 e. The second kappa shape index (κ2) is 6.41. The minimum Gasteiger partial charge on any atom is -0.478 e. The summed E-state index contributed by atoms with van der Waals surface area (Å²) in [5.74, 6) is -0.652. The van der Waals surface area contributed by atoms with Gasteiger partial charge in [0.2, 0.25) is 0 Å². The molecule has 0 saturated heterocycles. The number of aryl methyl sites for hydroxylation is 1. The molecule has 0 aliphatic heterocycles. The van der Waals surface area contributed by atoms with Crippen molar-refractivity contribution in [1.29, 1.82) is 0 Å². The number of carboxylic acid groups (broad SMARTS) is 1. The number of urea groups is 1. The van der Waals surface area contributed by atoms with Gasteiger partial charge in [-0.25, -0.2) is 9.59 Å². The highest BCUT2D eigenvalue weighted by Gasteiger charge is 2.19. The zero-order valence-electron chi connectivity index (χ0n) is 12.6. The third kappa shape index (κ3) is 3.73. The van der Waals surface area contributed by atoms with Crippen molar-refractivity contribution < 1.29 is 14.7 Å². The van der Waals surface area contributed by atoms with Gasteiger partial charge in [0.05, 0.1) is 5.56 Å². The summed E-state index contributed by atoms with van der Waals surface area (Å²) < 4.78 is 0. The first-order valence-corrected chi connectivity index (χ1v) is 6.61. The fraction of sp³-hybridized carbons (Fsp3) is 0.467. The minimum atomic E-state index is -0.998. The first-order chi connectivity index (χ1) is 9.23. The molecule has 110 valence electrons. The van der Waals surface area contributed by atoms with E-state index >= 15 is 0 Å². The summed E-state index contributed by atoms with van der Waals surface area (Å²) in [5, 5.41) is 11.8. The first-order valence-electron chi connectivity index (χ1n) is 6.61. The molecule has 0 bridgehead atoms. The number of aromatic carboxylic acids is 1. The van der Waals surface area contributed by atoms with Gasteiger partial charge in [-0.3, -0.25) is 0 Å². The van der Waals surface area contributed by atoms with Gasteiger partial charge in [0, 0.05) is 18.8 Å². The van der Waals surface area contributed by atoms with Gasteiger partial charge in [0.25, 0.3) is 0 Å².